The van der Waals surface area contributed by atoms with Crippen LogP contribution in [-0.4, -0.2) is 54.8 Å². The van der Waals surface area contributed by atoms with Crippen LogP contribution in [0.3, 0.4) is 0 Å². The number of benzene rings is 1. The van der Waals surface area contributed by atoms with Crippen molar-refractivity contribution in [2.45, 2.75) is 70.4 Å². The van der Waals surface area contributed by atoms with E-state index in [0.717, 1.165) is 25.5 Å². The number of hydrogen-bond donors (Lipinski definition) is 0. The molecule has 13 heteroatoms. The molecule has 44 heavy (non-hydrogen) atoms. The average molecular weight is 605 g/mol. The summed E-state index contributed by atoms with van der Waals surface area (Å²) < 4.78 is 50.1. The maximum Gasteiger partial charge on any atom is 0.288 e. The van der Waals surface area contributed by atoms with E-state index in [4.69, 9.17) is 9.72 Å². The molecule has 3 aliphatic rings. The van der Waals surface area contributed by atoms with Gasteiger partial charge in [-0.05, 0) is 63.3 Å². The molecule has 7 rings (SSSR count). The van der Waals surface area contributed by atoms with Crippen LogP contribution in [0.25, 0.3) is 17.1 Å². The summed E-state index contributed by atoms with van der Waals surface area (Å²) in [4.78, 5) is 35.9. The summed E-state index contributed by atoms with van der Waals surface area (Å²) in [5.74, 6) is -2.20. The first-order chi connectivity index (χ1) is 21.1. The Morgan fingerprint density at radius 1 is 1.11 bits per heavy atom. The zero-order valence-electron chi connectivity index (χ0n) is 24.8. The van der Waals surface area contributed by atoms with Crippen LogP contribution in [0.2, 0.25) is 0 Å². The van der Waals surface area contributed by atoms with Crippen molar-refractivity contribution in [2.24, 2.45) is 0 Å². The van der Waals surface area contributed by atoms with E-state index >= 15 is 4.39 Å². The summed E-state index contributed by atoms with van der Waals surface area (Å²) >= 11 is 0. The number of anilines is 2. The van der Waals surface area contributed by atoms with Gasteiger partial charge in [-0.1, -0.05) is 6.07 Å². The van der Waals surface area contributed by atoms with E-state index in [1.54, 1.807) is 31.2 Å². The van der Waals surface area contributed by atoms with Gasteiger partial charge in [0.1, 0.15) is 40.3 Å². The molecule has 1 amide bonds. The predicted molar refractivity (Wildman–Crippen MR) is 156 cm³/mol. The number of nitrogens with zero attached hydrogens (tertiary/aromatic N) is 8. The van der Waals surface area contributed by atoms with Crippen LogP contribution in [0.4, 0.5) is 24.7 Å². The van der Waals surface area contributed by atoms with E-state index < -0.39 is 23.0 Å². The molecule has 1 aliphatic heterocycles. The molecule has 2 aliphatic carbocycles. The van der Waals surface area contributed by atoms with E-state index in [1.807, 2.05) is 11.8 Å². The predicted octanol–water partition coefficient (Wildman–Crippen LogP) is 5.47. The number of aromatic nitrogens is 6. The molecule has 0 bridgehead atoms. The lowest BCUT2D eigenvalue weighted by Crippen LogP contribution is -2.55. The van der Waals surface area contributed by atoms with Gasteiger partial charge >= 0.3 is 0 Å². The van der Waals surface area contributed by atoms with Crippen LogP contribution in [0.1, 0.15) is 68.1 Å². The van der Waals surface area contributed by atoms with Crippen molar-refractivity contribution < 1.29 is 22.7 Å². The van der Waals surface area contributed by atoms with E-state index in [9.17, 15) is 13.6 Å². The molecule has 0 saturated heterocycles. The Balaban J connectivity index is 1.30. The largest absolute Gasteiger partial charge is 0.480 e. The van der Waals surface area contributed by atoms with Gasteiger partial charge < -0.3 is 14.5 Å². The highest BCUT2D eigenvalue weighted by molar-refractivity contribution is 6.09. The smallest absolute Gasteiger partial charge is 0.288 e. The lowest BCUT2D eigenvalue weighted by atomic mass is 10.0. The van der Waals surface area contributed by atoms with E-state index in [0.29, 0.717) is 59.4 Å². The highest BCUT2D eigenvalue weighted by atomic mass is 19.3. The van der Waals surface area contributed by atoms with Crippen LogP contribution in [0, 0.1) is 12.7 Å². The van der Waals surface area contributed by atoms with Crippen molar-refractivity contribution >= 4 is 17.4 Å². The number of ether oxygens (including phenoxy) is 1. The Morgan fingerprint density at radius 3 is 2.50 bits per heavy atom. The molecule has 1 spiro atoms. The lowest BCUT2D eigenvalue weighted by Gasteiger charge is -2.42. The zero-order valence-corrected chi connectivity index (χ0v) is 24.8. The quantitative estimate of drug-likeness (QED) is 0.261. The number of amides is 1. The van der Waals surface area contributed by atoms with Gasteiger partial charge in [-0.15, -0.1) is 0 Å². The normalized spacial score (nSPS) is 17.3. The van der Waals surface area contributed by atoms with Crippen LogP contribution >= 0.6 is 0 Å². The molecule has 0 N–H and O–H groups in total. The van der Waals surface area contributed by atoms with Crippen molar-refractivity contribution in [3.8, 4) is 23.0 Å². The second-order valence-electron chi connectivity index (χ2n) is 11.7. The van der Waals surface area contributed by atoms with Gasteiger partial charge in [0.2, 0.25) is 5.88 Å². The molecule has 4 heterocycles. The number of halogens is 3. The monoisotopic (exact) mass is 604 g/mol. The lowest BCUT2D eigenvalue weighted by molar-refractivity contribution is -0.121. The molecule has 10 nitrogen and oxygen atoms in total. The number of carbonyl (C=O) groups is 1. The minimum Gasteiger partial charge on any atom is -0.480 e. The second kappa shape index (κ2) is 10.00. The Morgan fingerprint density at radius 2 is 1.89 bits per heavy atom. The fraction of sp³-hybridized carbons (Fsp3) is 0.419. The fourth-order valence-corrected chi connectivity index (χ4v) is 6.05. The SMILES string of the molecule is CCN1C(=O)C2(CC2)N(Cc2ccc(-n3nc(C(C)(F)F)cc3C)c(F)c2)c2nc(-c3c(OC)ncnc3C3CC3)ncc21. The summed E-state index contributed by atoms with van der Waals surface area (Å²) in [6.07, 6.45) is 6.41. The van der Waals surface area contributed by atoms with Gasteiger partial charge in [-0.25, -0.2) is 29.0 Å². The highest BCUT2D eigenvalue weighted by Gasteiger charge is 2.60. The summed E-state index contributed by atoms with van der Waals surface area (Å²) in [6, 6.07) is 5.84. The Labute approximate surface area is 251 Å². The Kier molecular flexibility index (Phi) is 6.41. The zero-order chi connectivity index (χ0) is 31.0. The third kappa shape index (κ3) is 4.47. The molecule has 1 aromatic carbocycles. The third-order valence-corrected chi connectivity index (χ3v) is 8.64. The third-order valence-electron chi connectivity index (χ3n) is 8.64. The highest BCUT2D eigenvalue weighted by Crippen LogP contribution is 2.53. The number of aryl methyl sites for hydroxylation is 1. The average Bonchev–Trinajstić information content (AvgIpc) is 3.93. The first-order valence-corrected chi connectivity index (χ1v) is 14.7. The number of fused-ring (bicyclic) bond motifs is 1. The summed E-state index contributed by atoms with van der Waals surface area (Å²) in [5.41, 5.74) is 1.83. The van der Waals surface area contributed by atoms with E-state index in [1.165, 1.54) is 29.2 Å². The molecular weight excluding hydrogens is 573 g/mol. The number of hydrogen-bond acceptors (Lipinski definition) is 8. The summed E-state index contributed by atoms with van der Waals surface area (Å²) in [5, 5.41) is 3.95. The number of likely N-dealkylation sites (N-methyl/N-ethyl adjacent to an activating group) is 1. The van der Waals surface area contributed by atoms with Gasteiger partial charge in [0.15, 0.2) is 11.6 Å². The molecule has 2 fully saturated rings. The van der Waals surface area contributed by atoms with E-state index in [2.05, 4.69) is 20.1 Å². The molecule has 4 aromatic rings. The first kappa shape index (κ1) is 28.2. The molecule has 0 atom stereocenters. The van der Waals surface area contributed by atoms with Gasteiger partial charge in [-0.2, -0.15) is 13.9 Å². The van der Waals surface area contributed by atoms with Crippen LogP contribution in [0.15, 0.2) is 36.8 Å². The fourth-order valence-electron chi connectivity index (χ4n) is 6.05. The Bertz CT molecular complexity index is 1800. The van der Waals surface area contributed by atoms with Crippen LogP contribution in [-0.2, 0) is 17.3 Å². The number of methoxy groups -OCH3 is 1. The van der Waals surface area contributed by atoms with Gasteiger partial charge in [0.25, 0.3) is 11.8 Å². The number of rotatable bonds is 8. The summed E-state index contributed by atoms with van der Waals surface area (Å²) in [7, 11) is 1.54. The molecule has 228 valence electrons. The summed E-state index contributed by atoms with van der Waals surface area (Å²) in [6.45, 7) is 4.90. The maximum absolute atomic E-state index is 15.6. The van der Waals surface area contributed by atoms with Gasteiger partial charge in [-0.3, -0.25) is 4.79 Å². The van der Waals surface area contributed by atoms with Gasteiger partial charge in [0.05, 0.1) is 19.0 Å². The maximum atomic E-state index is 15.6. The standard InChI is InChI=1S/C31H31F3N8O2/c1-5-40-22-14-35-26(24-25(19-7-8-19)36-16-37-28(24)44-4)38-27(22)41(31(10-11-31)29(40)43)15-18-6-9-21(20(32)13-18)42-17(2)12-23(39-42)30(3,33)34/h6,9,12-14,16,19H,5,7-8,10-11,15H2,1-4H3. The van der Waals surface area contributed by atoms with Crippen LogP contribution < -0.4 is 14.5 Å². The second-order valence-corrected chi connectivity index (χ2v) is 11.7. The molecule has 2 saturated carbocycles. The first-order valence-electron chi connectivity index (χ1n) is 14.7. The van der Waals surface area contributed by atoms with Gasteiger partial charge in [0, 0.05) is 31.6 Å². The minimum atomic E-state index is -3.15. The van der Waals surface area contributed by atoms with Crippen molar-refractivity contribution in [1.29, 1.82) is 0 Å². The van der Waals surface area contributed by atoms with Crippen molar-refractivity contribution in [2.75, 3.05) is 23.5 Å². The topological polar surface area (TPSA) is 102 Å². The molecule has 0 unspecified atom stereocenters. The molecule has 3 aromatic heterocycles. The van der Waals surface area contributed by atoms with E-state index in [-0.39, 0.29) is 24.1 Å². The van der Waals surface area contributed by atoms with Crippen molar-refractivity contribution in [3.05, 3.63) is 65.3 Å². The molecular formula is C31H31F3N8O2. The number of alkyl halides is 2. The van der Waals surface area contributed by atoms with Crippen molar-refractivity contribution in [1.82, 2.24) is 29.7 Å². The minimum absolute atomic E-state index is 0.0413. The van der Waals surface area contributed by atoms with Crippen LogP contribution in [0.5, 0.6) is 5.88 Å². The molecule has 0 radical (unpaired) electrons. The van der Waals surface area contributed by atoms with Crippen molar-refractivity contribution in [3.63, 3.8) is 0 Å². The Hall–Kier alpha value is -4.55. The number of carbonyl (C=O) groups excluding carboxylic acids is 1.